The number of carbonyl (C=O) groups is 2. The zero-order valence-electron chi connectivity index (χ0n) is 63.3. The number of pyridine rings is 3. The predicted octanol–water partition coefficient (Wildman–Crippen LogP) is 22.3. The third-order valence-corrected chi connectivity index (χ3v) is 24.6. The maximum Gasteiger partial charge on any atom is 0.163 e. The van der Waals surface area contributed by atoms with E-state index in [9.17, 15) is 9.59 Å². The van der Waals surface area contributed by atoms with Crippen molar-refractivity contribution in [1.82, 2.24) is 37.6 Å². The largest absolute Gasteiger partial charge is 0.324 e. The SMILES string of the molecule is CC(C)N1CCC(c2ccc(Cc3ccc(-c4cccc5c4C=CC5)n4ccnc34)cc2)CC1.CCc1cccc(-c2ccc(Cc3ccc(C4CCC(C5CCC5)CC4)cc3)c3nccn23)c1.O=C(CCc1cccc(-n2cccc2)c1)c1ccc(Cc2ccc(-c3ccc4c(c3)CCC4=O)n3ccnc23)cc1. The van der Waals surface area contributed by atoms with Gasteiger partial charge in [0, 0.05) is 110 Å². The Morgan fingerprint density at radius 3 is 1.61 bits per heavy atom. The Balaban J connectivity index is 0.000000120. The van der Waals surface area contributed by atoms with E-state index in [4.69, 9.17) is 9.97 Å². The van der Waals surface area contributed by atoms with Crippen LogP contribution in [-0.2, 0) is 44.9 Å². The van der Waals surface area contributed by atoms with Crippen molar-refractivity contribution >= 4 is 34.6 Å². The third-order valence-electron chi connectivity index (χ3n) is 24.6. The maximum absolute atomic E-state index is 13.0. The number of ketones is 2. The van der Waals surface area contributed by atoms with Gasteiger partial charge in [-0.15, -0.1) is 0 Å². The molecule has 0 spiro atoms. The fraction of sp³-hybridized carbons (Fsp3) is 0.283. The van der Waals surface area contributed by atoms with Crippen molar-refractivity contribution in [1.29, 1.82) is 0 Å². The van der Waals surface area contributed by atoms with Gasteiger partial charge in [0.25, 0.3) is 0 Å². The average Bonchev–Trinajstić information content (AvgIpc) is 1.69. The van der Waals surface area contributed by atoms with Gasteiger partial charge >= 0.3 is 0 Å². The monoisotopic (exact) mass is 1430 g/mol. The molecule has 10 heteroatoms. The summed E-state index contributed by atoms with van der Waals surface area (Å²) in [6.07, 6.45) is 40.3. The summed E-state index contributed by atoms with van der Waals surface area (Å²) in [5.74, 6) is 3.93. The van der Waals surface area contributed by atoms with Crippen molar-refractivity contribution < 1.29 is 9.59 Å². The summed E-state index contributed by atoms with van der Waals surface area (Å²) in [6.45, 7) is 9.26. The molecule has 8 heterocycles. The van der Waals surface area contributed by atoms with E-state index in [2.05, 4.69) is 225 Å². The number of hydrogen-bond donors (Lipinski definition) is 0. The molecule has 0 bridgehead atoms. The molecule has 0 N–H and O–H groups in total. The van der Waals surface area contributed by atoms with Crippen LogP contribution in [0.5, 0.6) is 0 Å². The molecule has 5 aliphatic rings. The highest BCUT2D eigenvalue weighted by Crippen LogP contribution is 2.45. The molecule has 0 unspecified atom stereocenters. The predicted molar refractivity (Wildman–Crippen MR) is 444 cm³/mol. The van der Waals surface area contributed by atoms with Gasteiger partial charge in [0.15, 0.2) is 11.6 Å². The summed E-state index contributed by atoms with van der Waals surface area (Å²) in [5, 5.41) is 0. The van der Waals surface area contributed by atoms with Crippen LogP contribution in [0.4, 0.5) is 0 Å². The molecule has 0 atom stereocenters. The van der Waals surface area contributed by atoms with Crippen molar-refractivity contribution in [2.45, 2.75) is 154 Å². The van der Waals surface area contributed by atoms with Crippen LogP contribution in [0.25, 0.3) is 62.5 Å². The van der Waals surface area contributed by atoms with Gasteiger partial charge in [-0.05, 0) is 253 Å². The first kappa shape index (κ1) is 70.9. The number of fused-ring (bicyclic) bond motifs is 5. The van der Waals surface area contributed by atoms with E-state index in [0.29, 0.717) is 31.2 Å². The van der Waals surface area contributed by atoms with Gasteiger partial charge in [-0.2, -0.15) is 0 Å². The molecule has 4 aliphatic carbocycles. The van der Waals surface area contributed by atoms with Crippen LogP contribution < -0.4 is 0 Å². The Labute approximate surface area is 641 Å². The maximum atomic E-state index is 13.0. The molecule has 2 saturated carbocycles. The van der Waals surface area contributed by atoms with Crippen molar-refractivity contribution in [3.05, 3.63) is 345 Å². The molecule has 7 aromatic carbocycles. The molecule has 7 aromatic heterocycles. The molecule has 109 heavy (non-hydrogen) atoms. The number of hydrogen-bond acceptors (Lipinski definition) is 6. The zero-order valence-corrected chi connectivity index (χ0v) is 63.3. The Morgan fingerprint density at radius 1 is 0.468 bits per heavy atom. The second kappa shape index (κ2) is 32.0. The second-order valence-electron chi connectivity index (χ2n) is 31.5. The Morgan fingerprint density at radius 2 is 1.02 bits per heavy atom. The van der Waals surface area contributed by atoms with E-state index < -0.39 is 0 Å². The standard InChI is InChI=1S/C36H29N3O2.C32H36N2.C31H33N3/c40-34(16-8-25-4-3-5-31(23-25)38-19-1-2-20-38)27-9-6-26(7-10-27)22-30-12-15-33(39-21-18-37-36(30)39)29-11-14-32-28(24-29)13-17-35(32)41;1-2-23-5-3-8-29(21-23)31-18-17-30(32-33-19-20-34(31)32)22-24-9-11-26(12-10-24)28-15-13-27(14-16-28)25-6-4-7-25;1-22(2)33-18-15-25(16-19-33)24-11-9-23(10-12-24)21-27-13-14-30(34-20-17-32-31(27)34)29-8-4-6-26-5-3-7-28(26)29/h1-7,9-12,14-15,18-21,23-24H,8,13,16-17,22H2;3,5,8-12,17-21,25,27-28H,2,4,6-7,13-16,22H2,1H3;3-4,6-14,17,20,22,25H,5,15-16,18-19,21H2,1-2H3. The van der Waals surface area contributed by atoms with E-state index in [-0.39, 0.29) is 11.6 Å². The van der Waals surface area contributed by atoms with E-state index in [1.165, 1.54) is 138 Å². The van der Waals surface area contributed by atoms with Crippen LogP contribution in [0, 0.1) is 11.8 Å². The van der Waals surface area contributed by atoms with Crippen LogP contribution in [0.3, 0.4) is 0 Å². The Hall–Kier alpha value is -11.1. The summed E-state index contributed by atoms with van der Waals surface area (Å²) >= 11 is 0. The number of rotatable bonds is 19. The quantitative estimate of drug-likeness (QED) is 0.0749. The van der Waals surface area contributed by atoms with Gasteiger partial charge in [-0.3, -0.25) is 22.8 Å². The molecule has 0 amide bonds. The molecule has 10 nitrogen and oxygen atoms in total. The summed E-state index contributed by atoms with van der Waals surface area (Å²) in [7, 11) is 0. The molecule has 14 aromatic rings. The number of imidazole rings is 3. The number of aromatic nitrogens is 7. The molecule has 1 saturated heterocycles. The van der Waals surface area contributed by atoms with Crippen molar-refractivity contribution in [2.75, 3.05) is 13.1 Å². The van der Waals surface area contributed by atoms with Gasteiger partial charge in [0.2, 0.25) is 0 Å². The number of Topliss-reactive ketones (excluding diaryl/α,β-unsaturated/α-hetero) is 2. The summed E-state index contributed by atoms with van der Waals surface area (Å²) < 4.78 is 8.70. The molecule has 3 fully saturated rings. The van der Waals surface area contributed by atoms with Gasteiger partial charge < -0.3 is 9.47 Å². The summed E-state index contributed by atoms with van der Waals surface area (Å²) in [6, 6.07) is 74.8. The lowest BCUT2D eigenvalue weighted by Crippen LogP contribution is -2.37. The van der Waals surface area contributed by atoms with E-state index in [0.717, 1.165) is 124 Å². The molecular formula is C99H98N8O2. The average molecular weight is 1430 g/mol. The normalized spacial score (nSPS) is 16.5. The summed E-state index contributed by atoms with van der Waals surface area (Å²) in [4.78, 5) is 41.8. The minimum atomic E-state index is 0.152. The van der Waals surface area contributed by atoms with E-state index >= 15 is 0 Å². The molecule has 1 aliphatic heterocycles. The lowest BCUT2D eigenvalue weighted by atomic mass is 9.67. The number of benzene rings is 7. The number of likely N-dealkylation sites (tertiary alicyclic amines) is 1. The molecule has 546 valence electrons. The van der Waals surface area contributed by atoms with Gasteiger partial charge in [-0.25, -0.2) is 15.0 Å². The lowest BCUT2D eigenvalue weighted by Gasteiger charge is -2.38. The molecule has 19 rings (SSSR count). The first-order valence-electron chi connectivity index (χ1n) is 40.2. The number of nitrogens with zero attached hydrogens (tertiary/aromatic N) is 8. The number of carbonyl (C=O) groups excluding carboxylic acids is 2. The van der Waals surface area contributed by atoms with Crippen LogP contribution >= 0.6 is 0 Å². The summed E-state index contributed by atoms with van der Waals surface area (Å²) in [5.41, 5.74) is 29.8. The number of piperidine rings is 1. The first-order chi connectivity index (χ1) is 53.6. The van der Waals surface area contributed by atoms with Crippen molar-refractivity contribution in [2.24, 2.45) is 11.8 Å². The third kappa shape index (κ3) is 15.4. The Kier molecular flexibility index (Phi) is 20.8. The fourth-order valence-corrected chi connectivity index (χ4v) is 18.0. The topological polar surface area (TPSA) is 94.2 Å². The van der Waals surface area contributed by atoms with Crippen LogP contribution in [0.2, 0.25) is 0 Å². The minimum Gasteiger partial charge on any atom is -0.324 e. The van der Waals surface area contributed by atoms with Gasteiger partial charge in [-0.1, -0.05) is 190 Å². The van der Waals surface area contributed by atoms with Crippen LogP contribution in [0.1, 0.15) is 196 Å². The van der Waals surface area contributed by atoms with E-state index in [1.807, 2.05) is 91.8 Å². The molecule has 0 radical (unpaired) electrons. The van der Waals surface area contributed by atoms with E-state index in [1.54, 1.807) is 5.56 Å². The van der Waals surface area contributed by atoms with Gasteiger partial charge in [0.1, 0.15) is 16.9 Å². The second-order valence-corrected chi connectivity index (χ2v) is 31.5. The van der Waals surface area contributed by atoms with Crippen LogP contribution in [0.15, 0.2) is 262 Å². The van der Waals surface area contributed by atoms with Gasteiger partial charge in [0.05, 0.1) is 17.1 Å². The van der Waals surface area contributed by atoms with Crippen LogP contribution in [-0.4, -0.2) is 68.3 Å². The van der Waals surface area contributed by atoms with Crippen molar-refractivity contribution in [3.8, 4) is 39.5 Å². The first-order valence-corrected chi connectivity index (χ1v) is 40.2. The number of aryl methyl sites for hydroxylation is 3. The highest BCUT2D eigenvalue weighted by Gasteiger charge is 2.32. The van der Waals surface area contributed by atoms with Crippen molar-refractivity contribution in [3.63, 3.8) is 0 Å². The lowest BCUT2D eigenvalue weighted by molar-refractivity contribution is 0.0978. The smallest absolute Gasteiger partial charge is 0.163 e. The Bertz CT molecular complexity index is 5570. The number of allylic oxidation sites excluding steroid dienone is 1. The highest BCUT2D eigenvalue weighted by atomic mass is 16.1. The zero-order chi connectivity index (χ0) is 73.7. The highest BCUT2D eigenvalue weighted by molar-refractivity contribution is 6.01. The molecular weight excluding hydrogens is 1330 g/mol. The minimum absolute atomic E-state index is 0.152. The fourth-order valence-electron chi connectivity index (χ4n) is 18.0.